The molecule has 4 nitrogen and oxygen atoms in total. The number of carbonyl (C=O) groups excluding carboxylic acids is 1. The van der Waals surface area contributed by atoms with Gasteiger partial charge in [0.1, 0.15) is 12.4 Å². The van der Waals surface area contributed by atoms with Crippen molar-refractivity contribution in [2.24, 2.45) is 4.99 Å². The van der Waals surface area contributed by atoms with Crippen molar-refractivity contribution >= 4 is 17.5 Å². The first kappa shape index (κ1) is 21.9. The molecule has 0 saturated carbocycles. The van der Waals surface area contributed by atoms with Crippen LogP contribution in [0.5, 0.6) is 0 Å². The fourth-order valence-corrected chi connectivity index (χ4v) is 3.44. The van der Waals surface area contributed by atoms with E-state index in [4.69, 9.17) is 9.73 Å². The number of alkyl halides is 3. The number of piperidine rings is 1. The lowest BCUT2D eigenvalue weighted by atomic mass is 10.0. The monoisotopic (exact) mass is 418 g/mol. The van der Waals surface area contributed by atoms with Crippen LogP contribution in [0, 0.1) is 13.8 Å². The second kappa shape index (κ2) is 8.90. The molecular weight excluding hydrogens is 393 g/mol. The first-order chi connectivity index (χ1) is 14.1. The zero-order valence-corrected chi connectivity index (χ0v) is 17.3. The third-order valence-corrected chi connectivity index (χ3v) is 5.22. The Balaban J connectivity index is 1.74. The normalized spacial score (nSPS) is 16.1. The van der Waals surface area contributed by atoms with Crippen LogP contribution in [-0.2, 0) is 17.5 Å². The minimum atomic E-state index is -4.43. The number of nitrogens with zero attached hydrogens (tertiary/aromatic N) is 2. The SMILES string of the molecule is Cc1cc(C(=O)OCc2cccc(C(F)(F)F)c2)c(C)cc1N=C1CCCCN1C. The molecule has 0 unspecified atom stereocenters. The summed E-state index contributed by atoms with van der Waals surface area (Å²) in [6.45, 7) is 4.44. The van der Waals surface area contributed by atoms with Crippen LogP contribution in [0.25, 0.3) is 0 Å². The lowest BCUT2D eigenvalue weighted by molar-refractivity contribution is -0.137. The predicted octanol–water partition coefficient (Wildman–Crippen LogP) is 5.82. The number of halogens is 3. The van der Waals surface area contributed by atoms with Crippen LogP contribution in [0.3, 0.4) is 0 Å². The van der Waals surface area contributed by atoms with E-state index in [0.29, 0.717) is 11.1 Å². The van der Waals surface area contributed by atoms with Gasteiger partial charge in [0.25, 0.3) is 0 Å². The predicted molar refractivity (Wildman–Crippen MR) is 110 cm³/mol. The van der Waals surface area contributed by atoms with Crippen LogP contribution in [0.4, 0.5) is 18.9 Å². The van der Waals surface area contributed by atoms with E-state index in [9.17, 15) is 18.0 Å². The van der Waals surface area contributed by atoms with Crippen LogP contribution in [0.15, 0.2) is 41.4 Å². The molecule has 0 atom stereocenters. The van der Waals surface area contributed by atoms with Crippen LogP contribution in [-0.4, -0.2) is 30.3 Å². The zero-order chi connectivity index (χ0) is 21.9. The molecule has 0 spiro atoms. The van der Waals surface area contributed by atoms with Crippen molar-refractivity contribution in [2.45, 2.75) is 45.9 Å². The van der Waals surface area contributed by atoms with Crippen LogP contribution < -0.4 is 0 Å². The first-order valence-electron chi connectivity index (χ1n) is 9.88. The first-order valence-corrected chi connectivity index (χ1v) is 9.88. The molecule has 0 bridgehead atoms. The van der Waals surface area contributed by atoms with Crippen LogP contribution >= 0.6 is 0 Å². The Morgan fingerprint density at radius 1 is 1.13 bits per heavy atom. The van der Waals surface area contributed by atoms with Gasteiger partial charge in [-0.2, -0.15) is 13.2 Å². The molecule has 0 N–H and O–H groups in total. The number of benzene rings is 2. The Labute approximate surface area is 174 Å². The smallest absolute Gasteiger partial charge is 0.416 e. The highest BCUT2D eigenvalue weighted by molar-refractivity contribution is 5.92. The Morgan fingerprint density at radius 2 is 1.90 bits per heavy atom. The van der Waals surface area contributed by atoms with Gasteiger partial charge in [-0.3, -0.25) is 0 Å². The van der Waals surface area contributed by atoms with E-state index in [1.54, 1.807) is 13.0 Å². The molecule has 0 amide bonds. The average molecular weight is 418 g/mol. The standard InChI is InChI=1S/C23H25F3N2O2/c1-15-12-20(27-21-9-4-5-10-28(21)3)16(2)11-19(15)22(29)30-14-17-7-6-8-18(13-17)23(24,25)26/h6-8,11-13H,4-5,9-10,14H2,1-3H3. The number of rotatable bonds is 4. The molecule has 0 aromatic heterocycles. The summed E-state index contributed by atoms with van der Waals surface area (Å²) in [6, 6.07) is 8.36. The Hall–Kier alpha value is -2.83. The van der Waals surface area contributed by atoms with Crippen molar-refractivity contribution in [3.05, 3.63) is 64.2 Å². The second-order valence-electron chi connectivity index (χ2n) is 7.63. The lowest BCUT2D eigenvalue weighted by Crippen LogP contribution is -2.31. The van der Waals surface area contributed by atoms with Gasteiger partial charge in [-0.25, -0.2) is 9.79 Å². The summed E-state index contributed by atoms with van der Waals surface area (Å²) in [4.78, 5) is 19.5. The summed E-state index contributed by atoms with van der Waals surface area (Å²) < 4.78 is 43.8. The molecule has 30 heavy (non-hydrogen) atoms. The number of carbonyl (C=O) groups is 1. The molecule has 1 heterocycles. The van der Waals surface area contributed by atoms with Crippen molar-refractivity contribution < 1.29 is 22.7 Å². The Morgan fingerprint density at radius 3 is 2.60 bits per heavy atom. The molecule has 1 fully saturated rings. The van der Waals surface area contributed by atoms with Crippen molar-refractivity contribution in [2.75, 3.05) is 13.6 Å². The summed E-state index contributed by atoms with van der Waals surface area (Å²) in [5.74, 6) is 0.464. The van der Waals surface area contributed by atoms with Crippen LogP contribution in [0.1, 0.15) is 51.9 Å². The molecule has 0 aliphatic carbocycles. The number of esters is 1. The Bertz CT molecular complexity index is 967. The van der Waals surface area contributed by atoms with Gasteiger partial charge in [0.15, 0.2) is 0 Å². The van der Waals surface area contributed by atoms with Gasteiger partial charge in [-0.15, -0.1) is 0 Å². The van der Waals surface area contributed by atoms with E-state index in [-0.39, 0.29) is 12.2 Å². The highest BCUT2D eigenvalue weighted by Crippen LogP contribution is 2.30. The van der Waals surface area contributed by atoms with E-state index < -0.39 is 17.7 Å². The second-order valence-corrected chi connectivity index (χ2v) is 7.63. The number of hydrogen-bond acceptors (Lipinski definition) is 3. The summed E-state index contributed by atoms with van der Waals surface area (Å²) >= 11 is 0. The van der Waals surface area contributed by atoms with Gasteiger partial charge in [0.05, 0.1) is 16.8 Å². The average Bonchev–Trinajstić information content (AvgIpc) is 2.70. The van der Waals surface area contributed by atoms with Gasteiger partial charge in [0, 0.05) is 20.0 Å². The fraction of sp³-hybridized carbons (Fsp3) is 0.391. The largest absolute Gasteiger partial charge is 0.457 e. The summed E-state index contributed by atoms with van der Waals surface area (Å²) in [5.41, 5.74) is 2.28. The maximum absolute atomic E-state index is 12.8. The molecule has 2 aromatic carbocycles. The fourth-order valence-electron chi connectivity index (χ4n) is 3.44. The number of hydrogen-bond donors (Lipinski definition) is 0. The van der Waals surface area contributed by atoms with E-state index in [1.807, 2.05) is 20.0 Å². The molecule has 1 saturated heterocycles. The zero-order valence-electron chi connectivity index (χ0n) is 17.3. The molecule has 0 radical (unpaired) electrons. The van der Waals surface area contributed by atoms with Crippen molar-refractivity contribution in [1.29, 1.82) is 0 Å². The van der Waals surface area contributed by atoms with Gasteiger partial charge in [-0.05, 0) is 67.6 Å². The maximum atomic E-state index is 12.8. The molecule has 2 aromatic rings. The lowest BCUT2D eigenvalue weighted by Gasteiger charge is -2.26. The number of likely N-dealkylation sites (tertiary alicyclic amines) is 1. The number of aliphatic imine (C=N–C) groups is 1. The molecular formula is C23H25F3N2O2. The molecule has 1 aliphatic rings. The summed E-state index contributed by atoms with van der Waals surface area (Å²) in [5, 5.41) is 0. The third-order valence-electron chi connectivity index (χ3n) is 5.22. The highest BCUT2D eigenvalue weighted by atomic mass is 19.4. The minimum absolute atomic E-state index is 0.226. The van der Waals surface area contributed by atoms with E-state index >= 15 is 0 Å². The van der Waals surface area contributed by atoms with E-state index in [1.165, 1.54) is 12.1 Å². The van der Waals surface area contributed by atoms with Crippen LogP contribution in [0.2, 0.25) is 0 Å². The van der Waals surface area contributed by atoms with E-state index in [2.05, 4.69) is 4.90 Å². The molecule has 3 rings (SSSR count). The van der Waals surface area contributed by atoms with Gasteiger partial charge in [0.2, 0.25) is 0 Å². The quantitative estimate of drug-likeness (QED) is 0.587. The number of amidine groups is 1. The van der Waals surface area contributed by atoms with Crippen molar-refractivity contribution in [3.63, 3.8) is 0 Å². The summed E-state index contributed by atoms with van der Waals surface area (Å²) in [6.07, 6.45) is -1.24. The van der Waals surface area contributed by atoms with Gasteiger partial charge in [-0.1, -0.05) is 12.1 Å². The van der Waals surface area contributed by atoms with E-state index in [0.717, 1.165) is 55.0 Å². The van der Waals surface area contributed by atoms with Crippen molar-refractivity contribution in [1.82, 2.24) is 4.90 Å². The molecule has 1 aliphatic heterocycles. The topological polar surface area (TPSA) is 41.9 Å². The minimum Gasteiger partial charge on any atom is -0.457 e. The van der Waals surface area contributed by atoms with Crippen molar-refractivity contribution in [3.8, 4) is 0 Å². The number of ether oxygens (including phenoxy) is 1. The number of aryl methyl sites for hydroxylation is 2. The van der Waals surface area contributed by atoms with Gasteiger partial charge >= 0.3 is 12.1 Å². The third kappa shape index (κ3) is 5.20. The van der Waals surface area contributed by atoms with Gasteiger partial charge < -0.3 is 9.64 Å². The molecule has 160 valence electrons. The Kier molecular flexibility index (Phi) is 6.48. The summed E-state index contributed by atoms with van der Waals surface area (Å²) in [7, 11) is 2.03. The molecule has 7 heteroatoms. The highest BCUT2D eigenvalue weighted by Gasteiger charge is 2.30. The maximum Gasteiger partial charge on any atom is 0.416 e.